The first-order chi connectivity index (χ1) is 10.5. The average molecular weight is 294 g/mol. The number of nitrogens with one attached hydrogen (secondary N) is 1. The Balaban J connectivity index is 2.24. The van der Waals surface area contributed by atoms with Gasteiger partial charge in [0, 0.05) is 35.9 Å². The van der Waals surface area contributed by atoms with Gasteiger partial charge in [0.05, 0.1) is 5.92 Å². The van der Waals surface area contributed by atoms with Gasteiger partial charge in [0.2, 0.25) is 5.54 Å². The summed E-state index contributed by atoms with van der Waals surface area (Å²) in [6, 6.07) is 17.6. The maximum absolute atomic E-state index is 11.7. The molecule has 3 aromatic rings. The number of fused-ring (bicyclic) bond motifs is 1. The summed E-state index contributed by atoms with van der Waals surface area (Å²) < 4.78 is 0. The third-order valence-corrected chi connectivity index (χ3v) is 4.24. The Morgan fingerprint density at radius 2 is 1.68 bits per heavy atom. The Labute approximate surface area is 128 Å². The minimum absolute atomic E-state index is 0.188. The summed E-state index contributed by atoms with van der Waals surface area (Å²) in [6.07, 6.45) is 1.90. The summed E-state index contributed by atoms with van der Waals surface area (Å²) >= 11 is 0. The van der Waals surface area contributed by atoms with Crippen LogP contribution in [0.3, 0.4) is 0 Å². The van der Waals surface area contributed by atoms with Gasteiger partial charge in [-0.05, 0) is 17.2 Å². The normalized spacial score (nSPS) is 13.2. The number of H-pyrrole nitrogens is 1. The van der Waals surface area contributed by atoms with Crippen molar-refractivity contribution in [1.29, 1.82) is 0 Å². The maximum Gasteiger partial charge on any atom is 0.227 e. The molecule has 22 heavy (non-hydrogen) atoms. The Kier molecular flexibility index (Phi) is 3.45. The number of hydrogen-bond acceptors (Lipinski definition) is 2. The lowest BCUT2D eigenvalue weighted by atomic mass is 9.77. The van der Waals surface area contributed by atoms with Crippen LogP contribution in [0.4, 0.5) is 0 Å². The lowest BCUT2D eigenvalue weighted by molar-refractivity contribution is -0.563. The van der Waals surface area contributed by atoms with Crippen LogP contribution in [0, 0.1) is 10.1 Å². The van der Waals surface area contributed by atoms with E-state index in [1.165, 1.54) is 0 Å². The van der Waals surface area contributed by atoms with E-state index < -0.39 is 5.54 Å². The van der Waals surface area contributed by atoms with E-state index in [2.05, 4.69) is 4.98 Å². The molecule has 0 aliphatic heterocycles. The van der Waals surface area contributed by atoms with Gasteiger partial charge in [-0.3, -0.25) is 10.1 Å². The van der Waals surface area contributed by atoms with Crippen molar-refractivity contribution >= 4 is 10.9 Å². The molecule has 3 rings (SSSR count). The molecule has 0 aliphatic carbocycles. The highest BCUT2D eigenvalue weighted by Gasteiger charge is 2.43. The van der Waals surface area contributed by atoms with Gasteiger partial charge in [-0.1, -0.05) is 48.5 Å². The standard InChI is InChI=1S/C18H18N2O2/c1-18(2,20(21)22)17(13-8-4-3-5-9-13)15-12-19-16-11-7-6-10-14(15)16/h3-12,17,19H,1-2H3. The molecule has 1 unspecified atom stereocenters. The van der Waals surface area contributed by atoms with Crippen molar-refractivity contribution in [3.8, 4) is 0 Å². The predicted octanol–water partition coefficient (Wildman–Crippen LogP) is 4.36. The van der Waals surface area contributed by atoms with Crippen LogP contribution in [-0.2, 0) is 0 Å². The fourth-order valence-electron chi connectivity index (χ4n) is 3.05. The van der Waals surface area contributed by atoms with E-state index in [4.69, 9.17) is 0 Å². The fraction of sp³-hybridized carbons (Fsp3) is 0.222. The summed E-state index contributed by atoms with van der Waals surface area (Å²) in [5.41, 5.74) is 1.81. The molecule has 4 heteroatoms. The van der Waals surface area contributed by atoms with Gasteiger partial charge < -0.3 is 4.98 Å². The van der Waals surface area contributed by atoms with Crippen molar-refractivity contribution < 1.29 is 4.92 Å². The number of nitrogens with zero attached hydrogens (tertiary/aromatic N) is 1. The van der Waals surface area contributed by atoms with E-state index in [0.717, 1.165) is 22.0 Å². The van der Waals surface area contributed by atoms with Crippen molar-refractivity contribution in [2.75, 3.05) is 0 Å². The molecule has 0 spiro atoms. The molecule has 0 radical (unpaired) electrons. The zero-order valence-electron chi connectivity index (χ0n) is 12.6. The van der Waals surface area contributed by atoms with Gasteiger partial charge in [-0.25, -0.2) is 0 Å². The number of aromatic nitrogens is 1. The van der Waals surface area contributed by atoms with Crippen LogP contribution < -0.4 is 0 Å². The van der Waals surface area contributed by atoms with E-state index in [0.29, 0.717) is 0 Å². The van der Waals surface area contributed by atoms with Crippen LogP contribution in [-0.4, -0.2) is 15.4 Å². The van der Waals surface area contributed by atoms with Gasteiger partial charge in [-0.15, -0.1) is 0 Å². The molecule has 1 heterocycles. The van der Waals surface area contributed by atoms with Crippen molar-refractivity contribution in [2.45, 2.75) is 25.3 Å². The van der Waals surface area contributed by atoms with Gasteiger partial charge in [0.1, 0.15) is 0 Å². The van der Waals surface area contributed by atoms with Gasteiger partial charge >= 0.3 is 0 Å². The van der Waals surface area contributed by atoms with Gasteiger partial charge in [0.25, 0.3) is 0 Å². The quantitative estimate of drug-likeness (QED) is 0.574. The molecule has 4 nitrogen and oxygen atoms in total. The van der Waals surface area contributed by atoms with Crippen molar-refractivity contribution in [3.05, 3.63) is 82.0 Å². The SMILES string of the molecule is CC(C)(C(c1ccccc1)c1c[nH]c2ccccc12)[N+](=O)[O-]. The second-order valence-corrected chi connectivity index (χ2v) is 6.04. The van der Waals surface area contributed by atoms with Crippen LogP contribution in [0.25, 0.3) is 10.9 Å². The van der Waals surface area contributed by atoms with E-state index in [1.807, 2.05) is 60.8 Å². The van der Waals surface area contributed by atoms with Crippen molar-refractivity contribution in [2.24, 2.45) is 0 Å². The number of hydrogen-bond donors (Lipinski definition) is 1. The molecule has 0 saturated carbocycles. The molecule has 0 amide bonds. The lowest BCUT2D eigenvalue weighted by Crippen LogP contribution is -2.38. The minimum atomic E-state index is -1.10. The van der Waals surface area contributed by atoms with Gasteiger partial charge in [0.15, 0.2) is 0 Å². The second kappa shape index (κ2) is 5.30. The monoisotopic (exact) mass is 294 g/mol. The average Bonchev–Trinajstić information content (AvgIpc) is 2.92. The summed E-state index contributed by atoms with van der Waals surface area (Å²) in [5.74, 6) is -0.320. The highest BCUT2D eigenvalue weighted by molar-refractivity contribution is 5.84. The molecule has 1 aromatic heterocycles. The summed E-state index contributed by atoms with van der Waals surface area (Å²) in [5, 5.41) is 12.7. The van der Waals surface area contributed by atoms with Crippen molar-refractivity contribution in [3.63, 3.8) is 0 Å². The molecule has 0 aliphatic rings. The Morgan fingerprint density at radius 3 is 2.36 bits per heavy atom. The van der Waals surface area contributed by atoms with Crippen LogP contribution in [0.15, 0.2) is 60.8 Å². The Hall–Kier alpha value is -2.62. The summed E-state index contributed by atoms with van der Waals surface area (Å²) in [4.78, 5) is 14.7. The van der Waals surface area contributed by atoms with E-state index in [9.17, 15) is 10.1 Å². The Morgan fingerprint density at radius 1 is 1.05 bits per heavy atom. The van der Waals surface area contributed by atoms with Crippen LogP contribution >= 0.6 is 0 Å². The third-order valence-electron chi connectivity index (χ3n) is 4.24. The molecule has 0 bridgehead atoms. The van der Waals surface area contributed by atoms with E-state index in [-0.39, 0.29) is 10.8 Å². The molecule has 0 saturated heterocycles. The summed E-state index contributed by atoms with van der Waals surface area (Å²) in [6.45, 7) is 3.37. The van der Waals surface area contributed by atoms with Crippen LogP contribution in [0.2, 0.25) is 0 Å². The summed E-state index contributed by atoms with van der Waals surface area (Å²) in [7, 11) is 0. The molecular weight excluding hydrogens is 276 g/mol. The predicted molar refractivity (Wildman–Crippen MR) is 87.7 cm³/mol. The first-order valence-corrected chi connectivity index (χ1v) is 7.27. The number of rotatable bonds is 4. The highest BCUT2D eigenvalue weighted by Crippen LogP contribution is 2.39. The van der Waals surface area contributed by atoms with E-state index in [1.54, 1.807) is 13.8 Å². The van der Waals surface area contributed by atoms with Gasteiger partial charge in [-0.2, -0.15) is 0 Å². The molecule has 112 valence electrons. The first kappa shape index (κ1) is 14.3. The second-order valence-electron chi connectivity index (χ2n) is 6.04. The zero-order valence-corrected chi connectivity index (χ0v) is 12.6. The highest BCUT2D eigenvalue weighted by atomic mass is 16.6. The first-order valence-electron chi connectivity index (χ1n) is 7.27. The number of para-hydroxylation sites is 1. The number of aromatic amines is 1. The maximum atomic E-state index is 11.7. The van der Waals surface area contributed by atoms with Crippen LogP contribution in [0.5, 0.6) is 0 Å². The largest absolute Gasteiger partial charge is 0.361 e. The molecule has 2 aromatic carbocycles. The molecular formula is C18H18N2O2. The van der Waals surface area contributed by atoms with Crippen LogP contribution in [0.1, 0.15) is 30.9 Å². The number of benzene rings is 2. The molecule has 0 fully saturated rings. The Bertz CT molecular complexity index is 806. The topological polar surface area (TPSA) is 58.9 Å². The molecule has 1 N–H and O–H groups in total. The smallest absolute Gasteiger partial charge is 0.227 e. The zero-order chi connectivity index (χ0) is 15.7. The number of nitro groups is 1. The minimum Gasteiger partial charge on any atom is -0.361 e. The fourth-order valence-corrected chi connectivity index (χ4v) is 3.05. The third kappa shape index (κ3) is 2.26. The molecule has 1 atom stereocenters. The van der Waals surface area contributed by atoms with Crippen molar-refractivity contribution in [1.82, 2.24) is 4.98 Å². The lowest BCUT2D eigenvalue weighted by Gasteiger charge is -2.27. The van der Waals surface area contributed by atoms with E-state index >= 15 is 0 Å².